The molecule has 3 N–H and O–H groups in total. The van der Waals surface area contributed by atoms with E-state index in [0.717, 1.165) is 0 Å². The monoisotopic (exact) mass is 479 g/mol. The van der Waals surface area contributed by atoms with E-state index in [2.05, 4.69) is 15.3 Å². The molecule has 1 amide bonds. The highest BCUT2D eigenvalue weighted by molar-refractivity contribution is 8.15. The first-order chi connectivity index (χ1) is 15.9. The SMILES string of the molecule is CC(C)(C)NC(=O)[C@]12C[C@H]1[C@@](C)(c1cc(CC(=O)c3ccc(C#N)cn3)ccc1F)N=C(N)S2. The van der Waals surface area contributed by atoms with E-state index in [1.165, 1.54) is 36.2 Å². The van der Waals surface area contributed by atoms with Gasteiger partial charge in [0, 0.05) is 29.6 Å². The van der Waals surface area contributed by atoms with Gasteiger partial charge in [0.2, 0.25) is 5.91 Å². The molecule has 7 nitrogen and oxygen atoms in total. The smallest absolute Gasteiger partial charge is 0.237 e. The second kappa shape index (κ2) is 8.20. The Morgan fingerprint density at radius 1 is 1.32 bits per heavy atom. The lowest BCUT2D eigenvalue weighted by atomic mass is 9.84. The standard InChI is InChI=1S/C25H26FN5O2S/c1-23(2,3)30-21(33)25-11-20(25)24(4,31-22(28)34-25)16-9-14(5-7-17(16)26)10-19(32)18-8-6-15(12-27)13-29-18/h5-9,13,20H,10-11H2,1-4H3,(H2,28,31)(H,30,33)/t20-,24+,25-/m0/s1. The minimum atomic E-state index is -1.04. The molecule has 176 valence electrons. The Morgan fingerprint density at radius 2 is 2.06 bits per heavy atom. The lowest BCUT2D eigenvalue weighted by Crippen LogP contribution is -2.50. The summed E-state index contributed by atoms with van der Waals surface area (Å²) >= 11 is 1.24. The number of amidine groups is 1. The number of nitrogens with zero attached hydrogens (tertiary/aromatic N) is 3. The summed E-state index contributed by atoms with van der Waals surface area (Å²) in [5, 5.41) is 12.2. The number of aliphatic imine (C=N–C) groups is 1. The van der Waals surface area contributed by atoms with Crippen molar-refractivity contribution in [3.8, 4) is 6.07 Å². The van der Waals surface area contributed by atoms with Crippen LogP contribution in [0.25, 0.3) is 0 Å². The summed E-state index contributed by atoms with van der Waals surface area (Å²) in [5.74, 6) is -1.08. The van der Waals surface area contributed by atoms with Crippen molar-refractivity contribution in [2.45, 2.75) is 56.4 Å². The van der Waals surface area contributed by atoms with Crippen molar-refractivity contribution >= 4 is 28.6 Å². The molecule has 9 heteroatoms. The number of nitrogens with one attached hydrogen (secondary N) is 1. The third-order valence-corrected chi connectivity index (χ3v) is 7.51. The number of Topliss-reactive ketones (excluding diaryl/α,β-unsaturated/α-hetero) is 1. The van der Waals surface area contributed by atoms with Crippen LogP contribution in [0.5, 0.6) is 0 Å². The molecule has 0 spiro atoms. The number of aromatic nitrogens is 1. The van der Waals surface area contributed by atoms with Gasteiger partial charge in [-0.15, -0.1) is 0 Å². The van der Waals surface area contributed by atoms with Crippen LogP contribution in [0.1, 0.15) is 61.3 Å². The van der Waals surface area contributed by atoms with Crippen molar-refractivity contribution in [1.82, 2.24) is 10.3 Å². The zero-order chi connectivity index (χ0) is 24.9. The van der Waals surface area contributed by atoms with Crippen molar-refractivity contribution in [2.24, 2.45) is 16.6 Å². The van der Waals surface area contributed by atoms with Crippen LogP contribution in [-0.2, 0) is 16.8 Å². The van der Waals surface area contributed by atoms with Gasteiger partial charge in [0.1, 0.15) is 22.3 Å². The Balaban J connectivity index is 1.63. The van der Waals surface area contributed by atoms with Gasteiger partial charge in [0.15, 0.2) is 11.0 Å². The molecular weight excluding hydrogens is 453 g/mol. The van der Waals surface area contributed by atoms with Crippen molar-refractivity contribution in [3.63, 3.8) is 0 Å². The second-order valence-corrected chi connectivity index (χ2v) is 11.4. The van der Waals surface area contributed by atoms with Gasteiger partial charge >= 0.3 is 0 Å². The molecule has 2 aliphatic rings. The number of ketones is 1. The highest BCUT2D eigenvalue weighted by Gasteiger charge is 2.70. The summed E-state index contributed by atoms with van der Waals surface area (Å²) in [4.78, 5) is 34.5. The van der Waals surface area contributed by atoms with Gasteiger partial charge in [-0.1, -0.05) is 17.8 Å². The number of benzene rings is 1. The molecule has 1 aromatic heterocycles. The third kappa shape index (κ3) is 4.30. The molecule has 4 rings (SSSR count). The summed E-state index contributed by atoms with van der Waals surface area (Å²) in [7, 11) is 0. The molecule has 1 aromatic carbocycles. The van der Waals surface area contributed by atoms with Gasteiger partial charge < -0.3 is 11.1 Å². The Labute approximate surface area is 202 Å². The van der Waals surface area contributed by atoms with E-state index in [1.807, 2.05) is 26.8 Å². The maximum absolute atomic E-state index is 15.1. The molecule has 2 aromatic rings. The van der Waals surface area contributed by atoms with Crippen molar-refractivity contribution in [3.05, 3.63) is 64.7 Å². The van der Waals surface area contributed by atoms with E-state index in [9.17, 15) is 9.59 Å². The summed E-state index contributed by atoms with van der Waals surface area (Å²) in [6.45, 7) is 7.52. The van der Waals surface area contributed by atoms with E-state index >= 15 is 4.39 Å². The topological polar surface area (TPSA) is 121 Å². The van der Waals surface area contributed by atoms with Crippen molar-refractivity contribution in [1.29, 1.82) is 5.26 Å². The number of thioether (sulfide) groups is 1. The number of hydrogen-bond donors (Lipinski definition) is 2. The molecule has 34 heavy (non-hydrogen) atoms. The lowest BCUT2D eigenvalue weighted by Gasteiger charge is -2.35. The normalized spacial score (nSPS) is 25.5. The number of pyridine rings is 1. The number of nitriles is 1. The number of carbonyl (C=O) groups is 2. The maximum Gasteiger partial charge on any atom is 0.237 e. The minimum Gasteiger partial charge on any atom is -0.378 e. The summed E-state index contributed by atoms with van der Waals surface area (Å²) in [5.41, 5.74) is 6.20. The van der Waals surface area contributed by atoms with Crippen LogP contribution in [0, 0.1) is 23.1 Å². The molecule has 0 unspecified atom stereocenters. The molecule has 2 heterocycles. The molecule has 1 saturated carbocycles. The number of halogens is 1. The average molecular weight is 480 g/mol. The Morgan fingerprint density at radius 3 is 2.68 bits per heavy atom. The third-order valence-electron chi connectivity index (χ3n) is 6.21. The Bertz CT molecular complexity index is 1250. The zero-order valence-electron chi connectivity index (χ0n) is 19.5. The van der Waals surface area contributed by atoms with Gasteiger partial charge in [-0.25, -0.2) is 4.39 Å². The predicted molar refractivity (Wildman–Crippen MR) is 129 cm³/mol. The molecular formula is C25H26FN5O2S. The molecule has 1 fully saturated rings. The predicted octanol–water partition coefficient (Wildman–Crippen LogP) is 3.47. The van der Waals surface area contributed by atoms with Gasteiger partial charge in [-0.05, 0) is 63.9 Å². The number of rotatable bonds is 5. The number of fused-ring (bicyclic) bond motifs is 1. The van der Waals surface area contributed by atoms with E-state index < -0.39 is 21.6 Å². The van der Waals surface area contributed by atoms with Gasteiger partial charge in [0.25, 0.3) is 0 Å². The molecule has 0 saturated heterocycles. The van der Waals surface area contributed by atoms with Crippen LogP contribution in [0.15, 0.2) is 41.5 Å². The molecule has 3 atom stereocenters. The first-order valence-corrected chi connectivity index (χ1v) is 11.7. The highest BCUT2D eigenvalue weighted by Crippen LogP contribution is 2.66. The van der Waals surface area contributed by atoms with Crippen LogP contribution in [-0.4, -0.2) is 32.1 Å². The first-order valence-electron chi connectivity index (χ1n) is 10.9. The summed E-state index contributed by atoms with van der Waals surface area (Å²) in [6.07, 6.45) is 1.88. The maximum atomic E-state index is 15.1. The number of nitrogens with two attached hydrogens (primary N) is 1. The van der Waals surface area contributed by atoms with Gasteiger partial charge in [0.05, 0.1) is 11.1 Å². The molecule has 0 bridgehead atoms. The second-order valence-electron chi connectivity index (χ2n) is 10.0. The number of carbonyl (C=O) groups excluding carboxylic acids is 2. The van der Waals surface area contributed by atoms with Crippen LogP contribution < -0.4 is 11.1 Å². The molecule has 1 aliphatic heterocycles. The number of amides is 1. The zero-order valence-corrected chi connectivity index (χ0v) is 20.3. The van der Waals surface area contributed by atoms with Crippen LogP contribution in [0.3, 0.4) is 0 Å². The van der Waals surface area contributed by atoms with Crippen LogP contribution in [0.2, 0.25) is 0 Å². The number of hydrogen-bond acceptors (Lipinski definition) is 7. The van der Waals surface area contributed by atoms with Gasteiger partial charge in [-0.2, -0.15) is 5.26 Å². The molecule has 1 aliphatic carbocycles. The summed E-state index contributed by atoms with van der Waals surface area (Å²) in [6, 6.07) is 9.51. The first kappa shape index (κ1) is 23.9. The fraction of sp³-hybridized carbons (Fsp3) is 0.400. The average Bonchev–Trinajstić information content (AvgIpc) is 3.51. The molecule has 0 radical (unpaired) electrons. The van der Waals surface area contributed by atoms with E-state index in [4.69, 9.17) is 11.0 Å². The quantitative estimate of drug-likeness (QED) is 0.634. The van der Waals surface area contributed by atoms with Crippen LogP contribution >= 0.6 is 11.8 Å². The van der Waals surface area contributed by atoms with Crippen molar-refractivity contribution < 1.29 is 14.0 Å². The largest absolute Gasteiger partial charge is 0.378 e. The Kier molecular flexibility index (Phi) is 5.76. The minimum absolute atomic E-state index is 0.0104. The summed E-state index contributed by atoms with van der Waals surface area (Å²) < 4.78 is 14.3. The van der Waals surface area contributed by atoms with E-state index in [-0.39, 0.29) is 34.9 Å². The fourth-order valence-electron chi connectivity index (χ4n) is 4.49. The Hall–Kier alpha value is -3.25. The van der Waals surface area contributed by atoms with Gasteiger partial charge in [-0.3, -0.25) is 19.6 Å². The van der Waals surface area contributed by atoms with Crippen LogP contribution in [0.4, 0.5) is 4.39 Å². The van der Waals surface area contributed by atoms with E-state index in [1.54, 1.807) is 19.1 Å². The lowest BCUT2D eigenvalue weighted by molar-refractivity contribution is -0.123. The van der Waals surface area contributed by atoms with Crippen molar-refractivity contribution in [2.75, 3.05) is 0 Å². The fourth-order valence-corrected chi connectivity index (χ4v) is 5.86. The highest BCUT2D eigenvalue weighted by atomic mass is 32.2. The van der Waals surface area contributed by atoms with E-state index in [0.29, 0.717) is 23.1 Å².